The van der Waals surface area contributed by atoms with Crippen molar-refractivity contribution in [3.8, 4) is 17.2 Å². The zero-order valence-electron chi connectivity index (χ0n) is 21.4. The average molecular weight is 492 g/mol. The van der Waals surface area contributed by atoms with Gasteiger partial charge in [0.2, 0.25) is 5.91 Å². The van der Waals surface area contributed by atoms with Crippen molar-refractivity contribution in [3.05, 3.63) is 59.2 Å². The Morgan fingerprint density at radius 2 is 1.94 bits per heavy atom. The predicted molar refractivity (Wildman–Crippen MR) is 139 cm³/mol. The molecule has 0 aliphatic heterocycles. The number of aryl methyl sites for hydroxylation is 1. The maximum absolute atomic E-state index is 12.6. The molecular formula is C30H37NO5. The first kappa shape index (κ1) is 24.7. The van der Waals surface area contributed by atoms with Gasteiger partial charge in [-0.15, -0.1) is 0 Å². The summed E-state index contributed by atoms with van der Waals surface area (Å²) in [6.45, 7) is 2.50. The van der Waals surface area contributed by atoms with E-state index in [0.29, 0.717) is 29.9 Å². The van der Waals surface area contributed by atoms with E-state index in [2.05, 4.69) is 30.4 Å². The molecular weight excluding hydrogens is 454 g/mol. The number of ether oxygens (including phenoxy) is 2. The summed E-state index contributed by atoms with van der Waals surface area (Å²) in [5, 5.41) is 24.5. The van der Waals surface area contributed by atoms with Gasteiger partial charge in [-0.2, -0.15) is 0 Å². The number of carbonyl (C=O) groups excluding carboxylic acids is 1. The fraction of sp³-hybridized carbons (Fsp3) is 0.500. The molecule has 2 aromatic rings. The minimum absolute atomic E-state index is 0.0567. The van der Waals surface area contributed by atoms with Crippen LogP contribution in [0, 0.1) is 17.3 Å². The Labute approximate surface area is 213 Å². The minimum atomic E-state index is -0.909. The van der Waals surface area contributed by atoms with Gasteiger partial charge >= 0.3 is 0 Å². The van der Waals surface area contributed by atoms with Crippen molar-refractivity contribution in [2.24, 2.45) is 17.3 Å². The number of aromatic hydroxyl groups is 1. The molecule has 0 bridgehead atoms. The number of rotatable bonds is 6. The summed E-state index contributed by atoms with van der Waals surface area (Å²) in [6.07, 6.45) is 9.09. The van der Waals surface area contributed by atoms with Gasteiger partial charge in [-0.05, 0) is 103 Å². The van der Waals surface area contributed by atoms with Crippen molar-refractivity contribution in [1.29, 1.82) is 0 Å². The first-order valence-electron chi connectivity index (χ1n) is 13.0. The van der Waals surface area contributed by atoms with E-state index in [-0.39, 0.29) is 23.6 Å². The van der Waals surface area contributed by atoms with Crippen LogP contribution in [0.4, 0.5) is 0 Å². The molecule has 6 heteroatoms. The largest absolute Gasteiger partial charge is 0.504 e. The van der Waals surface area contributed by atoms with Crippen LogP contribution in [0.5, 0.6) is 17.2 Å². The summed E-state index contributed by atoms with van der Waals surface area (Å²) in [7, 11) is 3.21. The van der Waals surface area contributed by atoms with Gasteiger partial charge in [-0.1, -0.05) is 19.1 Å². The van der Waals surface area contributed by atoms with Crippen LogP contribution < -0.4 is 14.8 Å². The highest BCUT2D eigenvalue weighted by Crippen LogP contribution is 2.64. The van der Waals surface area contributed by atoms with Crippen molar-refractivity contribution in [2.75, 3.05) is 20.8 Å². The van der Waals surface area contributed by atoms with Crippen LogP contribution in [-0.2, 0) is 11.2 Å². The summed E-state index contributed by atoms with van der Waals surface area (Å²) >= 11 is 0. The van der Waals surface area contributed by atoms with Gasteiger partial charge in [0.1, 0.15) is 5.75 Å². The molecule has 6 nitrogen and oxygen atoms in total. The second kappa shape index (κ2) is 9.47. The average Bonchev–Trinajstić information content (AvgIpc) is 3.17. The topological polar surface area (TPSA) is 88.0 Å². The lowest BCUT2D eigenvalue weighted by Gasteiger charge is -2.53. The fourth-order valence-electron chi connectivity index (χ4n) is 7.35. The van der Waals surface area contributed by atoms with E-state index in [1.165, 1.54) is 30.4 Å². The number of methoxy groups -OCH3 is 2. The molecule has 0 unspecified atom stereocenters. The van der Waals surface area contributed by atoms with Gasteiger partial charge < -0.3 is 25.0 Å². The number of carbonyl (C=O) groups is 1. The van der Waals surface area contributed by atoms with Gasteiger partial charge in [-0.25, -0.2) is 0 Å². The zero-order valence-corrected chi connectivity index (χ0v) is 21.4. The van der Waals surface area contributed by atoms with Crippen LogP contribution in [0.25, 0.3) is 6.08 Å². The van der Waals surface area contributed by atoms with E-state index in [4.69, 9.17) is 9.47 Å². The third-order valence-corrected chi connectivity index (χ3v) is 9.44. The monoisotopic (exact) mass is 491 g/mol. The number of aliphatic hydroxyl groups is 1. The van der Waals surface area contributed by atoms with Gasteiger partial charge in [0.05, 0.1) is 19.8 Å². The van der Waals surface area contributed by atoms with Crippen LogP contribution in [0.2, 0.25) is 0 Å². The van der Waals surface area contributed by atoms with Gasteiger partial charge in [-0.3, -0.25) is 4.79 Å². The van der Waals surface area contributed by atoms with Crippen LogP contribution in [0.15, 0.2) is 42.5 Å². The molecule has 2 aromatic carbocycles. The Kier molecular flexibility index (Phi) is 6.50. The normalized spacial score (nSPS) is 30.8. The molecule has 5 rings (SSSR count). The summed E-state index contributed by atoms with van der Waals surface area (Å²) in [6, 6.07) is 11.5. The summed E-state index contributed by atoms with van der Waals surface area (Å²) < 4.78 is 10.6. The molecule has 5 atom stereocenters. The van der Waals surface area contributed by atoms with Crippen molar-refractivity contribution < 1.29 is 24.5 Å². The zero-order chi connectivity index (χ0) is 25.5. The Morgan fingerprint density at radius 1 is 1.11 bits per heavy atom. The molecule has 0 saturated heterocycles. The highest BCUT2D eigenvalue weighted by Gasteiger charge is 2.61. The number of hydrogen-bond acceptors (Lipinski definition) is 5. The number of benzene rings is 2. The quantitative estimate of drug-likeness (QED) is 0.504. The number of phenols is 1. The minimum Gasteiger partial charge on any atom is -0.504 e. The van der Waals surface area contributed by atoms with Crippen molar-refractivity contribution >= 4 is 12.0 Å². The van der Waals surface area contributed by atoms with Crippen molar-refractivity contribution in [1.82, 2.24) is 5.32 Å². The van der Waals surface area contributed by atoms with Crippen molar-refractivity contribution in [3.63, 3.8) is 0 Å². The highest BCUT2D eigenvalue weighted by molar-refractivity contribution is 5.91. The van der Waals surface area contributed by atoms with Crippen LogP contribution in [-0.4, -0.2) is 42.5 Å². The molecule has 0 spiro atoms. The number of phenolic OH excluding ortho intramolecular Hbond substituents is 1. The van der Waals surface area contributed by atoms with E-state index in [9.17, 15) is 15.0 Å². The molecule has 3 N–H and O–H groups in total. The molecule has 0 heterocycles. The summed E-state index contributed by atoms with van der Waals surface area (Å²) in [5.41, 5.74) is 2.51. The molecule has 2 fully saturated rings. The Balaban J connectivity index is 1.26. The lowest BCUT2D eigenvalue weighted by Crippen LogP contribution is -2.55. The maximum Gasteiger partial charge on any atom is 0.244 e. The van der Waals surface area contributed by atoms with E-state index >= 15 is 0 Å². The van der Waals surface area contributed by atoms with Gasteiger partial charge in [0, 0.05) is 18.0 Å². The maximum atomic E-state index is 12.6. The molecule has 0 aromatic heterocycles. The van der Waals surface area contributed by atoms with E-state index in [1.54, 1.807) is 25.3 Å². The van der Waals surface area contributed by atoms with Crippen LogP contribution in [0.3, 0.4) is 0 Å². The second-order valence-electron chi connectivity index (χ2n) is 11.0. The van der Waals surface area contributed by atoms with Crippen LogP contribution >= 0.6 is 0 Å². The number of nitrogens with one attached hydrogen (secondary N) is 1. The number of hydrogen-bond donors (Lipinski definition) is 3. The number of fused-ring (bicyclic) bond motifs is 5. The lowest BCUT2D eigenvalue weighted by molar-refractivity contribution is -0.123. The lowest BCUT2D eigenvalue weighted by atomic mass is 9.53. The SMILES string of the molecule is COc1ccc2c(c1)CC[C@@H]1[C@@H]2CC[C@@]2(C)[C@H]1CC[C@@]2(O)CNC(=O)/C=C/c1ccc(O)c(OC)c1. The summed E-state index contributed by atoms with van der Waals surface area (Å²) in [5.74, 6) is 2.67. The smallest absolute Gasteiger partial charge is 0.244 e. The van der Waals surface area contributed by atoms with Gasteiger partial charge in [0.25, 0.3) is 0 Å². The third kappa shape index (κ3) is 4.15. The number of amides is 1. The van der Waals surface area contributed by atoms with E-state index < -0.39 is 5.60 Å². The molecule has 36 heavy (non-hydrogen) atoms. The van der Waals surface area contributed by atoms with Crippen LogP contribution in [0.1, 0.15) is 61.6 Å². The Morgan fingerprint density at radius 3 is 2.72 bits per heavy atom. The first-order chi connectivity index (χ1) is 17.3. The standard InChI is InChI=1S/C30H37NO5/c1-29-14-12-23-22-9-7-21(35-2)17-20(22)6-8-24(23)25(29)13-15-30(29,34)18-31-28(33)11-5-19-4-10-26(32)27(16-19)36-3/h4-5,7,9-11,16-17,23-25,32,34H,6,8,12-15,18H2,1-3H3,(H,31,33)/b11-5+/t23-,24-,25+,29+,30-/m1/s1. The van der Waals surface area contributed by atoms with Crippen molar-refractivity contribution in [2.45, 2.75) is 57.0 Å². The Hall–Kier alpha value is -2.99. The second-order valence-corrected chi connectivity index (χ2v) is 11.0. The van der Waals surface area contributed by atoms with Gasteiger partial charge in [0.15, 0.2) is 11.5 Å². The highest BCUT2D eigenvalue weighted by atomic mass is 16.5. The molecule has 192 valence electrons. The van der Waals surface area contributed by atoms with E-state index in [0.717, 1.165) is 43.4 Å². The molecule has 1 amide bonds. The Bertz CT molecular complexity index is 1180. The molecule has 3 aliphatic carbocycles. The molecule has 3 aliphatic rings. The van der Waals surface area contributed by atoms with E-state index in [1.807, 2.05) is 0 Å². The first-order valence-corrected chi connectivity index (χ1v) is 13.0. The fourth-order valence-corrected chi connectivity index (χ4v) is 7.35. The summed E-state index contributed by atoms with van der Waals surface area (Å²) in [4.78, 5) is 12.6. The predicted octanol–water partition coefficient (Wildman–Crippen LogP) is 4.83. The molecule has 2 saturated carbocycles. The third-order valence-electron chi connectivity index (χ3n) is 9.44. The molecule has 0 radical (unpaired) electrons.